The van der Waals surface area contributed by atoms with Gasteiger partial charge in [0.15, 0.2) is 0 Å². The van der Waals surface area contributed by atoms with Crippen molar-refractivity contribution in [3.63, 3.8) is 0 Å². The zero-order chi connectivity index (χ0) is 20.9. The van der Waals surface area contributed by atoms with Crippen LogP contribution in [0.15, 0.2) is 48.7 Å². The van der Waals surface area contributed by atoms with E-state index in [0.29, 0.717) is 25.3 Å². The first-order valence-electron chi connectivity index (χ1n) is 10.3. The van der Waals surface area contributed by atoms with Crippen LogP contribution in [0.1, 0.15) is 34.5 Å². The van der Waals surface area contributed by atoms with Gasteiger partial charge in [-0.3, -0.25) is 9.48 Å². The highest BCUT2D eigenvalue weighted by atomic mass is 16.5. The van der Waals surface area contributed by atoms with E-state index in [0.717, 1.165) is 35.3 Å². The fourth-order valence-electron chi connectivity index (χ4n) is 4.89. The lowest BCUT2D eigenvalue weighted by Gasteiger charge is -2.34. The van der Waals surface area contributed by atoms with Crippen LogP contribution < -0.4 is 4.90 Å². The van der Waals surface area contributed by atoms with Crippen molar-refractivity contribution in [2.24, 2.45) is 7.05 Å². The number of aromatic nitrogens is 2. The Labute approximate surface area is 175 Å². The molecule has 30 heavy (non-hydrogen) atoms. The van der Waals surface area contributed by atoms with Crippen molar-refractivity contribution in [3.05, 3.63) is 65.5 Å². The number of ether oxygens (including phenoxy) is 1. The number of anilines is 1. The fraction of sp³-hybridized carbons (Fsp3) is 0.333. The van der Waals surface area contributed by atoms with E-state index in [1.807, 2.05) is 29.7 Å². The van der Waals surface area contributed by atoms with Gasteiger partial charge in [0.05, 0.1) is 5.69 Å². The molecule has 1 saturated heterocycles. The van der Waals surface area contributed by atoms with E-state index in [-0.39, 0.29) is 17.1 Å². The van der Waals surface area contributed by atoms with Crippen LogP contribution in [0.4, 0.5) is 5.69 Å². The summed E-state index contributed by atoms with van der Waals surface area (Å²) in [5, 5.41) is 14.3. The van der Waals surface area contributed by atoms with Crippen LogP contribution in [0.5, 0.6) is 5.75 Å². The third kappa shape index (κ3) is 2.99. The van der Waals surface area contributed by atoms with Crippen LogP contribution in [-0.2, 0) is 17.2 Å². The number of fused-ring (bicyclic) bond motifs is 2. The Kier molecular flexibility index (Phi) is 4.40. The molecule has 3 heterocycles. The molecule has 2 aliphatic rings. The lowest BCUT2D eigenvalue weighted by Crippen LogP contribution is -2.40. The largest absolute Gasteiger partial charge is 0.508 e. The van der Waals surface area contributed by atoms with E-state index in [1.165, 1.54) is 11.6 Å². The molecule has 154 valence electrons. The van der Waals surface area contributed by atoms with Crippen molar-refractivity contribution in [1.29, 1.82) is 0 Å². The molecule has 1 fully saturated rings. The molecule has 0 atom stereocenters. The fourth-order valence-corrected chi connectivity index (χ4v) is 4.89. The van der Waals surface area contributed by atoms with Crippen molar-refractivity contribution in [2.45, 2.75) is 25.2 Å². The van der Waals surface area contributed by atoms with Crippen LogP contribution in [0, 0.1) is 6.92 Å². The van der Waals surface area contributed by atoms with Crippen molar-refractivity contribution in [1.82, 2.24) is 9.78 Å². The summed E-state index contributed by atoms with van der Waals surface area (Å²) in [6, 6.07) is 12.9. The molecule has 3 aromatic rings. The number of benzene rings is 2. The highest BCUT2D eigenvalue weighted by Crippen LogP contribution is 2.48. The number of rotatable bonds is 2. The van der Waals surface area contributed by atoms with E-state index in [9.17, 15) is 9.90 Å². The average molecular weight is 403 g/mol. The van der Waals surface area contributed by atoms with Crippen LogP contribution in [0.2, 0.25) is 0 Å². The van der Waals surface area contributed by atoms with E-state index in [2.05, 4.69) is 23.3 Å². The van der Waals surface area contributed by atoms with Gasteiger partial charge in [-0.1, -0.05) is 12.1 Å². The van der Waals surface area contributed by atoms with Crippen LogP contribution in [0.3, 0.4) is 0 Å². The van der Waals surface area contributed by atoms with Gasteiger partial charge in [-0.2, -0.15) is 5.10 Å². The number of hydrogen-bond acceptors (Lipinski definition) is 4. The second-order valence-corrected chi connectivity index (χ2v) is 8.37. The number of aromatic hydroxyl groups is 1. The third-order valence-corrected chi connectivity index (χ3v) is 6.43. The van der Waals surface area contributed by atoms with Gasteiger partial charge in [0, 0.05) is 55.2 Å². The normalized spacial score (nSPS) is 17.3. The monoisotopic (exact) mass is 403 g/mol. The van der Waals surface area contributed by atoms with Gasteiger partial charge in [0.25, 0.3) is 5.91 Å². The number of hydrogen-bond donors (Lipinski definition) is 1. The summed E-state index contributed by atoms with van der Waals surface area (Å²) in [5.41, 5.74) is 5.78. The number of aryl methyl sites for hydroxylation is 2. The van der Waals surface area contributed by atoms with Crippen LogP contribution >= 0.6 is 0 Å². The maximum absolute atomic E-state index is 13.4. The number of amides is 1. The Hall–Kier alpha value is -3.12. The van der Waals surface area contributed by atoms with Gasteiger partial charge in [-0.05, 0) is 61.2 Å². The summed E-state index contributed by atoms with van der Waals surface area (Å²) in [6.07, 6.45) is 3.82. The minimum Gasteiger partial charge on any atom is -0.508 e. The molecule has 6 heteroatoms. The molecule has 6 nitrogen and oxygen atoms in total. The van der Waals surface area contributed by atoms with Crippen molar-refractivity contribution >= 4 is 11.6 Å². The highest BCUT2D eigenvalue weighted by molar-refractivity contribution is 6.08. The quantitative estimate of drug-likeness (QED) is 0.707. The van der Waals surface area contributed by atoms with Crippen LogP contribution in [-0.4, -0.2) is 40.6 Å². The molecule has 0 saturated carbocycles. The number of phenolic OH excluding ortho intramolecular Hbond substituents is 1. The lowest BCUT2D eigenvalue weighted by atomic mass is 9.75. The molecule has 1 aromatic heterocycles. The Balaban J connectivity index is 1.61. The minimum absolute atomic E-state index is 0.0826. The first-order valence-corrected chi connectivity index (χ1v) is 10.3. The third-order valence-electron chi connectivity index (χ3n) is 6.43. The second-order valence-electron chi connectivity index (χ2n) is 8.37. The van der Waals surface area contributed by atoms with Crippen molar-refractivity contribution in [3.8, 4) is 16.9 Å². The predicted molar refractivity (Wildman–Crippen MR) is 115 cm³/mol. The smallest absolute Gasteiger partial charge is 0.258 e. The van der Waals surface area contributed by atoms with Gasteiger partial charge in [-0.25, -0.2) is 0 Å². The molecular formula is C24H25N3O3. The van der Waals surface area contributed by atoms with E-state index < -0.39 is 0 Å². The SMILES string of the molecule is Cc1nn(C)cc1-c1ccc2c(c1)C1(CCOCC1)CN2C(=O)c1cccc(O)c1. The summed E-state index contributed by atoms with van der Waals surface area (Å²) >= 11 is 0. The van der Waals surface area contributed by atoms with E-state index in [1.54, 1.807) is 18.2 Å². The predicted octanol–water partition coefficient (Wildman–Crippen LogP) is 3.81. The molecule has 2 aliphatic heterocycles. The average Bonchev–Trinajstić information content (AvgIpc) is 3.24. The minimum atomic E-state index is -0.105. The standard InChI is InChI=1S/C24H25N3O3/c1-16-20(14-26(2)25-16)17-6-7-22-21(13-17)24(8-10-30-11-9-24)15-27(22)23(29)18-4-3-5-19(28)12-18/h3-7,12-14,28H,8-11,15H2,1-2H3. The lowest BCUT2D eigenvalue weighted by molar-refractivity contribution is 0.0547. The highest BCUT2D eigenvalue weighted by Gasteiger charge is 2.46. The summed E-state index contributed by atoms with van der Waals surface area (Å²) in [5.74, 6) is 0.0178. The number of carbonyl (C=O) groups is 1. The first-order chi connectivity index (χ1) is 14.5. The first kappa shape index (κ1) is 18.9. The molecule has 0 bridgehead atoms. The van der Waals surface area contributed by atoms with Crippen molar-refractivity contribution in [2.75, 3.05) is 24.7 Å². The summed E-state index contributed by atoms with van der Waals surface area (Å²) in [7, 11) is 1.93. The Morgan fingerprint density at radius 3 is 2.67 bits per heavy atom. The van der Waals surface area contributed by atoms with E-state index >= 15 is 0 Å². The molecule has 1 spiro atoms. The Morgan fingerprint density at radius 1 is 1.17 bits per heavy atom. The molecule has 2 aromatic carbocycles. The van der Waals surface area contributed by atoms with Gasteiger partial charge in [-0.15, -0.1) is 0 Å². The van der Waals surface area contributed by atoms with Gasteiger partial charge in [0.1, 0.15) is 5.75 Å². The molecule has 1 N–H and O–H groups in total. The second kappa shape index (κ2) is 6.99. The number of carbonyl (C=O) groups excluding carboxylic acids is 1. The summed E-state index contributed by atoms with van der Waals surface area (Å²) < 4.78 is 7.49. The Bertz CT molecular complexity index is 1130. The van der Waals surface area contributed by atoms with Crippen LogP contribution in [0.25, 0.3) is 11.1 Å². The molecular weight excluding hydrogens is 378 g/mol. The van der Waals surface area contributed by atoms with Crippen molar-refractivity contribution < 1.29 is 14.6 Å². The maximum Gasteiger partial charge on any atom is 0.258 e. The van der Waals surface area contributed by atoms with Gasteiger partial charge >= 0.3 is 0 Å². The molecule has 1 amide bonds. The zero-order valence-corrected chi connectivity index (χ0v) is 17.3. The summed E-state index contributed by atoms with van der Waals surface area (Å²) in [4.78, 5) is 15.2. The number of phenols is 1. The van der Waals surface area contributed by atoms with E-state index in [4.69, 9.17) is 4.74 Å². The zero-order valence-electron chi connectivity index (χ0n) is 17.3. The summed E-state index contributed by atoms with van der Waals surface area (Å²) in [6.45, 7) is 4.05. The Morgan fingerprint density at radius 2 is 1.97 bits per heavy atom. The molecule has 0 radical (unpaired) electrons. The van der Waals surface area contributed by atoms with Gasteiger partial charge < -0.3 is 14.7 Å². The molecule has 5 rings (SSSR count). The molecule has 0 unspecified atom stereocenters. The van der Waals surface area contributed by atoms with Gasteiger partial charge in [0.2, 0.25) is 0 Å². The maximum atomic E-state index is 13.4. The molecule has 0 aliphatic carbocycles. The number of nitrogens with zero attached hydrogens (tertiary/aromatic N) is 3. The topological polar surface area (TPSA) is 67.6 Å².